The largest absolute Gasteiger partial charge is 0.483 e. The second-order valence-electron chi connectivity index (χ2n) is 16.7. The van der Waals surface area contributed by atoms with Crippen LogP contribution in [0.2, 0.25) is 0 Å². The zero-order valence-electron chi connectivity index (χ0n) is 39.6. The summed E-state index contributed by atoms with van der Waals surface area (Å²) in [5.74, 6) is 0.418. The maximum Gasteiger partial charge on any atom is 0.306 e. The van der Waals surface area contributed by atoms with Crippen LogP contribution in [-0.2, 0) is 33.3 Å². The first-order valence-electron chi connectivity index (χ1n) is 25.0. The molecule has 0 aliphatic rings. The second-order valence-corrected chi connectivity index (χ2v) is 16.7. The lowest BCUT2D eigenvalue weighted by atomic mass is 10.0. The first-order chi connectivity index (χ1) is 29.0. The summed E-state index contributed by atoms with van der Waals surface area (Å²) in [6.45, 7) is 18.7. The number of unbranched alkanes of at least 4 members (excludes halogenated alkanes) is 20. The molecule has 0 atom stereocenters. The predicted molar refractivity (Wildman–Crippen MR) is 247 cm³/mol. The highest BCUT2D eigenvalue weighted by Crippen LogP contribution is 2.15. The van der Waals surface area contributed by atoms with Crippen LogP contribution in [0.1, 0.15) is 214 Å². The molecule has 0 heterocycles. The van der Waals surface area contributed by atoms with Gasteiger partial charge in [0.15, 0.2) is 0 Å². The van der Waals surface area contributed by atoms with Crippen LogP contribution in [0.25, 0.3) is 0 Å². The van der Waals surface area contributed by atoms with Gasteiger partial charge in [-0.1, -0.05) is 150 Å². The van der Waals surface area contributed by atoms with Crippen LogP contribution < -0.4 is 5.73 Å². The Hall–Kier alpha value is -1.30. The van der Waals surface area contributed by atoms with Gasteiger partial charge in [0.2, 0.25) is 0 Å². The highest BCUT2D eigenvalue weighted by atomic mass is 16.6. The number of hydrogen-bond acceptors (Lipinski definition) is 9. The predicted octanol–water partition coefficient (Wildman–Crippen LogP) is 11.9. The molecule has 0 bridgehead atoms. The van der Waals surface area contributed by atoms with Crippen molar-refractivity contribution < 1.29 is 38.4 Å². The number of rotatable bonds is 48. The van der Waals surface area contributed by atoms with Crippen molar-refractivity contribution in [2.24, 2.45) is 11.7 Å². The molecule has 0 unspecified atom stereocenters. The van der Waals surface area contributed by atoms with Crippen LogP contribution in [0.3, 0.4) is 0 Å². The lowest BCUT2D eigenvalue weighted by molar-refractivity contribution is -0.156. The Morgan fingerprint density at radius 1 is 0.508 bits per heavy atom. The average molecular weight is 845 g/mol. The molecule has 0 aromatic carbocycles. The number of nitrogens with zero attached hydrogens (tertiary/aromatic N) is 1. The van der Waals surface area contributed by atoms with Gasteiger partial charge in [-0.25, -0.2) is 0 Å². The summed E-state index contributed by atoms with van der Waals surface area (Å²) < 4.78 is 29.8. The molecule has 10 heteroatoms. The molecule has 0 rings (SSSR count). The van der Waals surface area contributed by atoms with E-state index in [4.69, 9.17) is 39.3 Å². The zero-order valence-corrected chi connectivity index (χ0v) is 39.6. The number of carbonyl (C=O) groups excluding carboxylic acids is 1. The number of carboxylic acid groups (broad SMARTS) is 1. The standard InChI is InChI=1S/C48H98N2O6.CH2O2/c1-5-9-13-27-38-52-42-46(43-53-39-28-14-10-6-2)32-23-19-17-21-25-35-50(37-31-34-49)36-26-22-18-20-24-33-48(51)56-47(44-54-40-29-15-11-7-3)45-55-41-30-16-12-8-4;2-1-3/h46-47H,5-45,49H2,1-4H3;1H,(H,2,3). The monoisotopic (exact) mass is 845 g/mol. The third-order valence-corrected chi connectivity index (χ3v) is 10.8. The molecule has 0 aliphatic heterocycles. The second kappa shape index (κ2) is 52.8. The van der Waals surface area contributed by atoms with Gasteiger partial charge in [0, 0.05) is 38.8 Å². The fourth-order valence-electron chi connectivity index (χ4n) is 7.11. The summed E-state index contributed by atoms with van der Waals surface area (Å²) >= 11 is 0. The Morgan fingerprint density at radius 3 is 1.29 bits per heavy atom. The first-order valence-corrected chi connectivity index (χ1v) is 25.0. The highest BCUT2D eigenvalue weighted by Gasteiger charge is 2.16. The third kappa shape index (κ3) is 49.2. The Morgan fingerprint density at radius 2 is 0.864 bits per heavy atom. The van der Waals surface area contributed by atoms with E-state index in [-0.39, 0.29) is 18.5 Å². The molecule has 0 amide bonds. The van der Waals surface area contributed by atoms with E-state index in [1.165, 1.54) is 148 Å². The van der Waals surface area contributed by atoms with Gasteiger partial charge >= 0.3 is 5.97 Å². The van der Waals surface area contributed by atoms with Crippen molar-refractivity contribution in [1.29, 1.82) is 0 Å². The van der Waals surface area contributed by atoms with E-state index in [2.05, 4.69) is 32.6 Å². The van der Waals surface area contributed by atoms with Gasteiger partial charge in [-0.2, -0.15) is 0 Å². The van der Waals surface area contributed by atoms with E-state index in [0.29, 0.717) is 25.6 Å². The minimum atomic E-state index is -0.309. The molecule has 0 aromatic heterocycles. The van der Waals surface area contributed by atoms with Gasteiger partial charge in [0.25, 0.3) is 6.47 Å². The zero-order chi connectivity index (χ0) is 43.5. The number of hydrogen-bond donors (Lipinski definition) is 2. The quantitative estimate of drug-likeness (QED) is 0.0347. The summed E-state index contributed by atoms with van der Waals surface area (Å²) in [7, 11) is 0. The van der Waals surface area contributed by atoms with Crippen molar-refractivity contribution in [3.8, 4) is 0 Å². The molecule has 0 fully saturated rings. The maximum absolute atomic E-state index is 12.7. The molecule has 0 saturated carbocycles. The molecular formula is C49H100N2O8. The normalized spacial score (nSPS) is 11.5. The van der Waals surface area contributed by atoms with E-state index < -0.39 is 0 Å². The third-order valence-electron chi connectivity index (χ3n) is 10.8. The van der Waals surface area contributed by atoms with Gasteiger partial charge in [-0.15, -0.1) is 0 Å². The number of esters is 1. The van der Waals surface area contributed by atoms with Gasteiger partial charge in [-0.3, -0.25) is 9.59 Å². The van der Waals surface area contributed by atoms with Gasteiger partial charge < -0.3 is 39.4 Å². The van der Waals surface area contributed by atoms with Crippen molar-refractivity contribution in [2.75, 3.05) is 79.0 Å². The first kappa shape index (κ1) is 59.8. The summed E-state index contributed by atoms with van der Waals surface area (Å²) in [5, 5.41) is 6.89. The van der Waals surface area contributed by atoms with E-state index in [0.717, 1.165) is 97.8 Å². The van der Waals surface area contributed by atoms with Crippen molar-refractivity contribution in [1.82, 2.24) is 4.90 Å². The lowest BCUT2D eigenvalue weighted by Gasteiger charge is -2.22. The topological polar surface area (TPSA) is 130 Å². The van der Waals surface area contributed by atoms with Crippen LogP contribution in [0, 0.1) is 5.92 Å². The number of ether oxygens (including phenoxy) is 5. The molecule has 354 valence electrons. The maximum atomic E-state index is 12.7. The van der Waals surface area contributed by atoms with Crippen LogP contribution in [0.15, 0.2) is 0 Å². The van der Waals surface area contributed by atoms with Gasteiger partial charge in [0.1, 0.15) is 6.10 Å². The smallest absolute Gasteiger partial charge is 0.306 e. The Balaban J connectivity index is 0. The molecule has 59 heavy (non-hydrogen) atoms. The molecule has 0 spiro atoms. The minimum Gasteiger partial charge on any atom is -0.483 e. The van der Waals surface area contributed by atoms with E-state index >= 15 is 0 Å². The molecule has 3 N–H and O–H groups in total. The fourth-order valence-corrected chi connectivity index (χ4v) is 7.11. The Bertz CT molecular complexity index is 776. The minimum absolute atomic E-state index is 0.115. The summed E-state index contributed by atoms with van der Waals surface area (Å²) in [5.41, 5.74) is 5.89. The number of carbonyl (C=O) groups is 2. The molecule has 0 radical (unpaired) electrons. The van der Waals surface area contributed by atoms with Gasteiger partial charge in [-0.05, 0) is 84.0 Å². The molecule has 10 nitrogen and oxygen atoms in total. The molecule has 0 aromatic rings. The van der Waals surface area contributed by atoms with Crippen molar-refractivity contribution in [3.63, 3.8) is 0 Å². The Labute approximate surface area is 365 Å². The highest BCUT2D eigenvalue weighted by molar-refractivity contribution is 5.69. The van der Waals surface area contributed by atoms with E-state index in [1.54, 1.807) is 0 Å². The number of nitrogens with two attached hydrogens (primary N) is 1. The van der Waals surface area contributed by atoms with Crippen LogP contribution in [-0.4, -0.2) is 108 Å². The van der Waals surface area contributed by atoms with Crippen LogP contribution in [0.5, 0.6) is 0 Å². The van der Waals surface area contributed by atoms with Crippen molar-refractivity contribution in [3.05, 3.63) is 0 Å². The van der Waals surface area contributed by atoms with Crippen molar-refractivity contribution >= 4 is 12.4 Å². The summed E-state index contributed by atoms with van der Waals surface area (Å²) in [6.07, 6.45) is 34.0. The fraction of sp³-hybridized carbons (Fsp3) is 0.959. The lowest BCUT2D eigenvalue weighted by Crippen LogP contribution is -2.29. The molecule has 0 aliphatic carbocycles. The Kier molecular flexibility index (Phi) is 53.5. The SMILES string of the molecule is CCCCCCOCC(CCCCCCCN(CCCN)CCCCCCCC(=O)OC(COCCCCCC)COCCCCCC)COCCCCCC.O=CO. The van der Waals surface area contributed by atoms with Crippen molar-refractivity contribution in [2.45, 2.75) is 220 Å². The summed E-state index contributed by atoms with van der Waals surface area (Å²) in [6, 6.07) is 0. The van der Waals surface area contributed by atoms with Gasteiger partial charge in [0.05, 0.1) is 26.4 Å². The average Bonchev–Trinajstić information content (AvgIpc) is 3.23. The summed E-state index contributed by atoms with van der Waals surface area (Å²) in [4.78, 5) is 23.7. The molecular weight excluding hydrogens is 745 g/mol. The van der Waals surface area contributed by atoms with E-state index in [1.807, 2.05) is 0 Å². The van der Waals surface area contributed by atoms with E-state index in [9.17, 15) is 4.79 Å². The van der Waals surface area contributed by atoms with Crippen LogP contribution >= 0.6 is 0 Å². The van der Waals surface area contributed by atoms with Crippen LogP contribution in [0.4, 0.5) is 0 Å². The molecule has 0 saturated heterocycles.